The number of hydrogen-bond donors (Lipinski definition) is 2. The summed E-state index contributed by atoms with van der Waals surface area (Å²) in [5.74, 6) is 0. The molecule has 0 saturated heterocycles. The molecule has 1 aromatic rings. The summed E-state index contributed by atoms with van der Waals surface area (Å²) < 4.78 is 0. The van der Waals surface area contributed by atoms with Gasteiger partial charge in [0, 0.05) is 13.1 Å². The highest BCUT2D eigenvalue weighted by atomic mass is 32.1. The van der Waals surface area contributed by atoms with Crippen LogP contribution in [0.3, 0.4) is 0 Å². The van der Waals surface area contributed by atoms with Crippen LogP contribution in [0.1, 0.15) is 115 Å². The molecule has 2 N–H and O–H groups in total. The van der Waals surface area contributed by atoms with E-state index >= 15 is 0 Å². The Morgan fingerprint density at radius 2 is 1.21 bits per heavy atom. The summed E-state index contributed by atoms with van der Waals surface area (Å²) in [5.41, 5.74) is 1.30. The lowest BCUT2D eigenvalue weighted by Crippen LogP contribution is -2.37. The number of amides is 2. The molecule has 0 aliphatic rings. The Kier molecular flexibility index (Phi) is 18.2. The summed E-state index contributed by atoms with van der Waals surface area (Å²) >= 11 is 1.70. The first-order chi connectivity index (χ1) is 14.3. The number of carbonyl (C=O) groups excluding carboxylic acids is 1. The Labute approximate surface area is 184 Å². The molecule has 1 heterocycles. The molecular weight excluding hydrogens is 376 g/mol. The highest BCUT2D eigenvalue weighted by Crippen LogP contribution is 2.13. The minimum absolute atomic E-state index is 0.0267. The molecular formula is C25H46N2OS. The van der Waals surface area contributed by atoms with Gasteiger partial charge in [0.15, 0.2) is 0 Å². The van der Waals surface area contributed by atoms with Gasteiger partial charge in [-0.1, -0.05) is 103 Å². The van der Waals surface area contributed by atoms with Crippen LogP contribution in [0.15, 0.2) is 16.8 Å². The van der Waals surface area contributed by atoms with Crippen LogP contribution in [-0.4, -0.2) is 19.1 Å². The van der Waals surface area contributed by atoms with Crippen LogP contribution >= 0.6 is 11.3 Å². The van der Waals surface area contributed by atoms with Crippen molar-refractivity contribution >= 4 is 17.4 Å². The monoisotopic (exact) mass is 422 g/mol. The number of thiophene rings is 1. The Hall–Kier alpha value is -1.03. The quantitative estimate of drug-likeness (QED) is 0.206. The summed E-state index contributed by atoms with van der Waals surface area (Å²) in [7, 11) is 0. The van der Waals surface area contributed by atoms with Gasteiger partial charge < -0.3 is 10.6 Å². The van der Waals surface area contributed by atoms with Gasteiger partial charge in [0.05, 0.1) is 0 Å². The van der Waals surface area contributed by atoms with E-state index in [0.29, 0.717) is 6.54 Å². The van der Waals surface area contributed by atoms with E-state index in [1.165, 1.54) is 102 Å². The fourth-order valence-electron chi connectivity index (χ4n) is 3.69. The van der Waals surface area contributed by atoms with E-state index in [1.807, 2.05) is 0 Å². The lowest BCUT2D eigenvalue weighted by atomic mass is 10.0. The number of urea groups is 1. The molecule has 1 rings (SSSR count). The van der Waals surface area contributed by atoms with Crippen LogP contribution in [0.4, 0.5) is 4.79 Å². The number of nitrogens with one attached hydrogen (secondary N) is 2. The molecule has 2 amide bonds. The second-order valence-electron chi connectivity index (χ2n) is 8.37. The fourth-order valence-corrected chi connectivity index (χ4v) is 4.40. The van der Waals surface area contributed by atoms with Crippen LogP contribution in [0.5, 0.6) is 0 Å². The van der Waals surface area contributed by atoms with Crippen molar-refractivity contribution in [1.29, 1.82) is 0 Å². The first kappa shape index (κ1) is 26.0. The van der Waals surface area contributed by atoms with Crippen LogP contribution in [0.25, 0.3) is 0 Å². The smallest absolute Gasteiger partial charge is 0.314 e. The molecule has 0 unspecified atom stereocenters. The van der Waals surface area contributed by atoms with E-state index in [1.54, 1.807) is 11.3 Å². The minimum atomic E-state index is -0.0267. The maximum atomic E-state index is 11.7. The van der Waals surface area contributed by atoms with Gasteiger partial charge in [-0.2, -0.15) is 11.3 Å². The molecule has 3 nitrogen and oxygen atoms in total. The average molecular weight is 423 g/mol. The van der Waals surface area contributed by atoms with Crippen LogP contribution < -0.4 is 10.6 Å². The lowest BCUT2D eigenvalue weighted by molar-refractivity contribution is 0.241. The second kappa shape index (κ2) is 20.3. The van der Waals surface area contributed by atoms with Crippen molar-refractivity contribution < 1.29 is 4.79 Å². The van der Waals surface area contributed by atoms with E-state index in [2.05, 4.69) is 34.4 Å². The number of unbranched alkanes of at least 4 members (excludes halogenated alkanes) is 15. The van der Waals surface area contributed by atoms with Gasteiger partial charge in [-0.05, 0) is 35.2 Å². The molecule has 0 radical (unpaired) electrons. The van der Waals surface area contributed by atoms with Crippen molar-refractivity contribution in [3.8, 4) is 0 Å². The Morgan fingerprint density at radius 3 is 1.69 bits per heavy atom. The highest BCUT2D eigenvalue weighted by Gasteiger charge is 2.00. The molecule has 1 aromatic heterocycles. The molecule has 0 spiro atoms. The van der Waals surface area contributed by atoms with Crippen molar-refractivity contribution in [3.05, 3.63) is 22.4 Å². The maximum Gasteiger partial charge on any atom is 0.314 e. The number of hydrogen-bond acceptors (Lipinski definition) is 2. The molecule has 0 saturated carbocycles. The van der Waals surface area contributed by atoms with E-state index in [-0.39, 0.29) is 6.03 Å². The van der Waals surface area contributed by atoms with Crippen molar-refractivity contribution in [3.63, 3.8) is 0 Å². The van der Waals surface area contributed by atoms with E-state index < -0.39 is 0 Å². The van der Waals surface area contributed by atoms with E-state index in [9.17, 15) is 4.79 Å². The predicted molar refractivity (Wildman–Crippen MR) is 129 cm³/mol. The van der Waals surface area contributed by atoms with Crippen molar-refractivity contribution in [2.24, 2.45) is 0 Å². The zero-order chi connectivity index (χ0) is 20.8. The maximum absolute atomic E-state index is 11.7. The van der Waals surface area contributed by atoms with Crippen LogP contribution in [0.2, 0.25) is 0 Å². The minimum Gasteiger partial charge on any atom is -0.338 e. The molecule has 0 aliphatic heterocycles. The third-order valence-corrected chi connectivity index (χ3v) is 6.33. The van der Waals surface area contributed by atoms with E-state index in [4.69, 9.17) is 0 Å². The van der Waals surface area contributed by atoms with Crippen molar-refractivity contribution in [2.75, 3.05) is 13.1 Å². The van der Waals surface area contributed by atoms with Crippen LogP contribution in [0, 0.1) is 0 Å². The highest BCUT2D eigenvalue weighted by molar-refractivity contribution is 7.07. The molecule has 29 heavy (non-hydrogen) atoms. The average Bonchev–Trinajstić information content (AvgIpc) is 3.24. The summed E-state index contributed by atoms with van der Waals surface area (Å²) in [6, 6.07) is 2.09. The summed E-state index contributed by atoms with van der Waals surface area (Å²) in [6.07, 6.45) is 23.0. The topological polar surface area (TPSA) is 41.1 Å². The van der Waals surface area contributed by atoms with Gasteiger partial charge in [-0.3, -0.25) is 0 Å². The zero-order valence-electron chi connectivity index (χ0n) is 19.0. The third kappa shape index (κ3) is 17.5. The van der Waals surface area contributed by atoms with E-state index in [0.717, 1.165) is 19.4 Å². The van der Waals surface area contributed by atoms with Gasteiger partial charge in [-0.25, -0.2) is 4.79 Å². The summed E-state index contributed by atoms with van der Waals surface area (Å²) in [6.45, 7) is 3.79. The van der Waals surface area contributed by atoms with Crippen LogP contribution in [-0.2, 0) is 6.42 Å². The first-order valence-electron chi connectivity index (χ1n) is 12.4. The molecule has 0 aliphatic carbocycles. The molecule has 0 fully saturated rings. The standard InChI is InChI=1S/C25H46N2OS/c1-2-3-4-5-6-7-8-9-10-11-12-13-14-15-16-17-20-26-25(28)27-21-18-24-19-22-29-23-24/h19,22-23H,2-18,20-21H2,1H3,(H2,26,27,28). The molecule has 4 heteroatoms. The van der Waals surface area contributed by atoms with Crippen molar-refractivity contribution in [2.45, 2.75) is 116 Å². The zero-order valence-corrected chi connectivity index (χ0v) is 19.8. The molecule has 0 aromatic carbocycles. The summed E-state index contributed by atoms with van der Waals surface area (Å²) in [5, 5.41) is 10.1. The SMILES string of the molecule is CCCCCCCCCCCCCCCCCCNC(=O)NCCc1ccsc1. The fraction of sp³-hybridized carbons (Fsp3) is 0.800. The number of carbonyl (C=O) groups is 1. The predicted octanol–water partition coefficient (Wildman–Crippen LogP) is 7.85. The third-order valence-electron chi connectivity index (χ3n) is 5.60. The Balaban J connectivity index is 1.71. The molecule has 0 atom stereocenters. The Morgan fingerprint density at radius 1 is 0.724 bits per heavy atom. The van der Waals surface area contributed by atoms with Crippen molar-refractivity contribution in [1.82, 2.24) is 10.6 Å². The van der Waals surface area contributed by atoms with Gasteiger partial charge in [0.1, 0.15) is 0 Å². The van der Waals surface area contributed by atoms with Gasteiger partial charge >= 0.3 is 6.03 Å². The normalized spacial score (nSPS) is 10.9. The number of rotatable bonds is 20. The first-order valence-corrected chi connectivity index (χ1v) is 13.3. The summed E-state index contributed by atoms with van der Waals surface area (Å²) in [4.78, 5) is 11.7. The van der Waals surface area contributed by atoms with Gasteiger partial charge in [0.25, 0.3) is 0 Å². The van der Waals surface area contributed by atoms with Gasteiger partial charge in [0.2, 0.25) is 0 Å². The Bertz CT molecular complexity index is 461. The van der Waals surface area contributed by atoms with Gasteiger partial charge in [-0.15, -0.1) is 0 Å². The molecule has 168 valence electrons. The molecule has 0 bridgehead atoms. The second-order valence-corrected chi connectivity index (χ2v) is 9.15. The lowest BCUT2D eigenvalue weighted by Gasteiger charge is -2.07. The largest absolute Gasteiger partial charge is 0.338 e.